The highest BCUT2D eigenvalue weighted by molar-refractivity contribution is 5.79. The normalized spacial score (nSPS) is 44.2. The van der Waals surface area contributed by atoms with Crippen LogP contribution in [-0.4, -0.2) is 5.78 Å². The lowest BCUT2D eigenvalue weighted by Gasteiger charge is -2.57. The molecule has 4 aliphatic rings. The van der Waals surface area contributed by atoms with Crippen molar-refractivity contribution >= 4 is 5.78 Å². The lowest BCUT2D eigenvalue weighted by atomic mass is 9.48. The van der Waals surface area contributed by atoms with Crippen molar-refractivity contribution in [1.29, 1.82) is 0 Å². The first kappa shape index (κ1) is 21.4. The molecular formula is C28H44O. The second kappa shape index (κ2) is 7.69. The Morgan fingerprint density at radius 3 is 2.41 bits per heavy atom. The second-order valence-corrected chi connectivity index (χ2v) is 12.1. The molecule has 6 unspecified atom stereocenters. The zero-order chi connectivity index (χ0) is 21.0. The molecule has 1 heteroatoms. The van der Waals surface area contributed by atoms with Crippen LogP contribution >= 0.6 is 0 Å². The summed E-state index contributed by atoms with van der Waals surface area (Å²) in [4.78, 5) is 12.1. The van der Waals surface area contributed by atoms with Crippen LogP contribution < -0.4 is 0 Å². The molecule has 0 aromatic carbocycles. The van der Waals surface area contributed by atoms with Gasteiger partial charge in [-0.05, 0) is 90.8 Å². The minimum Gasteiger partial charge on any atom is -0.300 e. The van der Waals surface area contributed by atoms with Crippen LogP contribution in [0.3, 0.4) is 0 Å². The quantitative estimate of drug-likeness (QED) is 0.447. The number of allylic oxidation sites excluding steroid dienone is 4. The molecule has 162 valence electrons. The minimum absolute atomic E-state index is 0.385. The van der Waals surface area contributed by atoms with Gasteiger partial charge in [-0.3, -0.25) is 4.79 Å². The van der Waals surface area contributed by atoms with Gasteiger partial charge in [-0.1, -0.05) is 65.3 Å². The fourth-order valence-electron chi connectivity index (χ4n) is 7.91. The van der Waals surface area contributed by atoms with Crippen LogP contribution in [0.5, 0.6) is 0 Å². The zero-order valence-corrected chi connectivity index (χ0v) is 19.8. The summed E-state index contributed by atoms with van der Waals surface area (Å²) in [5.41, 5.74) is 2.68. The van der Waals surface area contributed by atoms with Gasteiger partial charge in [0.2, 0.25) is 0 Å². The van der Waals surface area contributed by atoms with Crippen molar-refractivity contribution in [2.45, 2.75) is 92.9 Å². The summed E-state index contributed by atoms with van der Waals surface area (Å²) in [5, 5.41) is 0. The second-order valence-electron chi connectivity index (χ2n) is 12.1. The Labute approximate surface area is 179 Å². The van der Waals surface area contributed by atoms with Crippen LogP contribution in [0.1, 0.15) is 92.9 Å². The largest absolute Gasteiger partial charge is 0.300 e. The van der Waals surface area contributed by atoms with Crippen molar-refractivity contribution in [2.24, 2.45) is 52.3 Å². The van der Waals surface area contributed by atoms with Gasteiger partial charge in [0, 0.05) is 12.8 Å². The van der Waals surface area contributed by atoms with Crippen molar-refractivity contribution in [3.63, 3.8) is 0 Å². The van der Waals surface area contributed by atoms with E-state index in [1.807, 2.05) is 5.57 Å². The van der Waals surface area contributed by atoms with Crippen LogP contribution in [0.15, 0.2) is 23.8 Å². The van der Waals surface area contributed by atoms with Crippen LogP contribution in [0, 0.1) is 52.3 Å². The molecule has 0 amide bonds. The molecule has 8 atom stereocenters. The van der Waals surface area contributed by atoms with Gasteiger partial charge >= 0.3 is 0 Å². The number of ketones is 1. The summed E-state index contributed by atoms with van der Waals surface area (Å²) < 4.78 is 0. The number of Topliss-reactive ketones (excluding diaryl/α,β-unsaturated/α-hetero) is 1. The van der Waals surface area contributed by atoms with Crippen molar-refractivity contribution in [2.75, 3.05) is 0 Å². The molecule has 0 aromatic rings. The van der Waals surface area contributed by atoms with Crippen molar-refractivity contribution < 1.29 is 4.79 Å². The van der Waals surface area contributed by atoms with E-state index in [1.54, 1.807) is 0 Å². The lowest BCUT2D eigenvalue weighted by molar-refractivity contribution is -0.127. The summed E-state index contributed by atoms with van der Waals surface area (Å²) in [7, 11) is 0. The van der Waals surface area contributed by atoms with E-state index >= 15 is 0 Å². The number of hydrogen-bond acceptors (Lipinski definition) is 1. The third kappa shape index (κ3) is 3.49. The van der Waals surface area contributed by atoms with Gasteiger partial charge in [-0.2, -0.15) is 0 Å². The number of carbonyl (C=O) groups excluding carboxylic acids is 1. The van der Waals surface area contributed by atoms with Gasteiger partial charge < -0.3 is 0 Å². The lowest BCUT2D eigenvalue weighted by Crippen LogP contribution is -2.49. The topological polar surface area (TPSA) is 17.1 Å². The molecule has 29 heavy (non-hydrogen) atoms. The molecule has 0 heterocycles. The number of carbonyl (C=O) groups is 1. The Hall–Kier alpha value is -0.850. The first-order chi connectivity index (χ1) is 13.7. The average molecular weight is 397 g/mol. The predicted octanol–water partition coefficient (Wildman–Crippen LogP) is 7.62. The fraction of sp³-hybridized carbons (Fsp3) is 0.821. The van der Waals surface area contributed by atoms with Crippen LogP contribution in [0.25, 0.3) is 0 Å². The summed E-state index contributed by atoms with van der Waals surface area (Å²) in [5.74, 6) is 5.57. The minimum atomic E-state index is 0.385. The van der Waals surface area contributed by atoms with Crippen molar-refractivity contribution in [3.05, 3.63) is 23.8 Å². The Balaban J connectivity index is 1.55. The SMILES string of the molecule is CC(C)C(C)/C=C/C(C)C1CCC2C3=CCC4CC(=O)CC[C@@]4(C)C3CC[C@]21C. The predicted molar refractivity (Wildman–Crippen MR) is 123 cm³/mol. The highest BCUT2D eigenvalue weighted by atomic mass is 16.1. The Morgan fingerprint density at radius 2 is 1.69 bits per heavy atom. The van der Waals surface area contributed by atoms with Gasteiger partial charge in [-0.15, -0.1) is 0 Å². The summed E-state index contributed by atoms with van der Waals surface area (Å²) in [6, 6.07) is 0. The summed E-state index contributed by atoms with van der Waals surface area (Å²) in [6.07, 6.45) is 17.2. The maximum atomic E-state index is 12.1. The van der Waals surface area contributed by atoms with Crippen LogP contribution in [-0.2, 0) is 4.79 Å². The van der Waals surface area contributed by atoms with Crippen LogP contribution in [0.4, 0.5) is 0 Å². The van der Waals surface area contributed by atoms with Gasteiger partial charge in [0.15, 0.2) is 0 Å². The van der Waals surface area contributed by atoms with E-state index in [0.717, 1.165) is 49.4 Å². The molecule has 3 saturated carbocycles. The average Bonchev–Trinajstić information content (AvgIpc) is 3.03. The van der Waals surface area contributed by atoms with Crippen LogP contribution in [0.2, 0.25) is 0 Å². The Bertz CT molecular complexity index is 699. The molecule has 4 rings (SSSR count). The van der Waals surface area contributed by atoms with Gasteiger partial charge in [0.05, 0.1) is 0 Å². The van der Waals surface area contributed by atoms with E-state index in [2.05, 4.69) is 59.8 Å². The standard InChI is InChI=1S/C28H44O/c1-18(2)19(3)7-8-20(4)24-11-12-25-23-10-9-21-17-22(29)13-15-27(21,5)26(23)14-16-28(24,25)6/h7-8,10,18-21,24-26H,9,11-17H2,1-6H3/b8-7+/t19?,20?,21?,24?,25?,26?,27-,28+/m1/s1. The van der Waals surface area contributed by atoms with E-state index in [4.69, 9.17) is 0 Å². The van der Waals surface area contributed by atoms with Gasteiger partial charge in [-0.25, -0.2) is 0 Å². The molecule has 0 bridgehead atoms. The molecule has 0 spiro atoms. The third-order valence-electron chi connectivity index (χ3n) is 10.4. The van der Waals surface area contributed by atoms with Crippen molar-refractivity contribution in [3.8, 4) is 0 Å². The number of hydrogen-bond donors (Lipinski definition) is 0. The number of fused-ring (bicyclic) bond motifs is 5. The molecule has 0 aromatic heterocycles. The molecular weight excluding hydrogens is 352 g/mol. The summed E-state index contributed by atoms with van der Waals surface area (Å²) >= 11 is 0. The number of rotatable bonds is 4. The molecule has 4 aliphatic carbocycles. The smallest absolute Gasteiger partial charge is 0.133 e. The Morgan fingerprint density at radius 1 is 0.966 bits per heavy atom. The maximum Gasteiger partial charge on any atom is 0.133 e. The molecule has 0 aliphatic heterocycles. The summed E-state index contributed by atoms with van der Waals surface area (Å²) in [6.45, 7) is 14.7. The zero-order valence-electron chi connectivity index (χ0n) is 19.8. The van der Waals surface area contributed by atoms with E-state index in [9.17, 15) is 4.79 Å². The van der Waals surface area contributed by atoms with E-state index in [0.29, 0.717) is 34.4 Å². The fourth-order valence-corrected chi connectivity index (χ4v) is 7.91. The first-order valence-electron chi connectivity index (χ1n) is 12.6. The molecule has 3 fully saturated rings. The van der Waals surface area contributed by atoms with E-state index in [-0.39, 0.29) is 0 Å². The van der Waals surface area contributed by atoms with Gasteiger partial charge in [0.1, 0.15) is 5.78 Å². The van der Waals surface area contributed by atoms with Gasteiger partial charge in [0.25, 0.3) is 0 Å². The first-order valence-corrected chi connectivity index (χ1v) is 12.6. The van der Waals surface area contributed by atoms with E-state index < -0.39 is 0 Å². The van der Waals surface area contributed by atoms with Crippen molar-refractivity contribution in [1.82, 2.24) is 0 Å². The Kier molecular flexibility index (Phi) is 5.67. The molecule has 1 nitrogen and oxygen atoms in total. The third-order valence-corrected chi connectivity index (χ3v) is 10.4. The molecule has 0 N–H and O–H groups in total. The maximum absolute atomic E-state index is 12.1. The van der Waals surface area contributed by atoms with E-state index in [1.165, 1.54) is 25.7 Å². The molecule has 0 saturated heterocycles. The highest BCUT2D eigenvalue weighted by Gasteiger charge is 2.57. The monoisotopic (exact) mass is 396 g/mol. The highest BCUT2D eigenvalue weighted by Crippen LogP contribution is 2.66. The molecule has 0 radical (unpaired) electrons.